The minimum absolute atomic E-state index is 0.0294. The van der Waals surface area contributed by atoms with Crippen LogP contribution in [0, 0.1) is 17.3 Å². The van der Waals surface area contributed by atoms with Crippen molar-refractivity contribution in [3.05, 3.63) is 47.5 Å². The highest BCUT2D eigenvalue weighted by Gasteiger charge is 2.59. The lowest BCUT2D eigenvalue weighted by Gasteiger charge is -2.43. The number of carbonyl (C=O) groups excluding carboxylic acids is 1. The molecule has 0 bridgehead atoms. The second-order valence-corrected chi connectivity index (χ2v) is 8.55. The molecule has 2 aliphatic rings. The van der Waals surface area contributed by atoms with Crippen molar-refractivity contribution in [1.29, 1.82) is 0 Å². The molecule has 1 aromatic rings. The van der Waals surface area contributed by atoms with Gasteiger partial charge in [0.05, 0.1) is 11.2 Å². The number of benzene rings is 1. The van der Waals surface area contributed by atoms with Crippen molar-refractivity contribution < 1.29 is 14.6 Å². The van der Waals surface area contributed by atoms with Gasteiger partial charge in [0, 0.05) is 12.3 Å². The van der Waals surface area contributed by atoms with Gasteiger partial charge in [0.15, 0.2) is 0 Å². The van der Waals surface area contributed by atoms with E-state index in [4.69, 9.17) is 4.74 Å². The molecule has 0 unspecified atom stereocenters. The summed E-state index contributed by atoms with van der Waals surface area (Å²) in [7, 11) is 0. The fourth-order valence-electron chi connectivity index (χ4n) is 4.86. The Morgan fingerprint density at radius 2 is 1.92 bits per heavy atom. The van der Waals surface area contributed by atoms with E-state index in [1.165, 1.54) is 5.57 Å². The minimum atomic E-state index is -0.783. The number of ether oxygens (including phenoxy) is 1. The number of allylic oxidation sites excluding steroid dienone is 1. The second kappa shape index (κ2) is 6.60. The van der Waals surface area contributed by atoms with Gasteiger partial charge in [-0.2, -0.15) is 0 Å². The Kier molecular flexibility index (Phi) is 4.80. The van der Waals surface area contributed by atoms with Crippen molar-refractivity contribution in [2.45, 2.75) is 65.1 Å². The van der Waals surface area contributed by atoms with Crippen LogP contribution in [0.4, 0.5) is 0 Å². The third-order valence-electron chi connectivity index (χ3n) is 6.47. The molecule has 0 amide bonds. The van der Waals surface area contributed by atoms with Crippen molar-refractivity contribution in [2.24, 2.45) is 17.3 Å². The van der Waals surface area contributed by atoms with Crippen LogP contribution in [0.15, 0.2) is 42.0 Å². The standard InChI is InChI=1S/C22H30O3/c1-15(2)22(24)13-12-21(4)11-10-16(3)14-18(19(21)22)25-20(23)17-8-6-5-7-9-17/h5-10,15,18-19,24H,11-14H2,1-4H3/t18-,19+,21+,22+/m1/s1. The van der Waals surface area contributed by atoms with E-state index >= 15 is 0 Å². The number of fused-ring (bicyclic) bond motifs is 1. The summed E-state index contributed by atoms with van der Waals surface area (Å²) in [5, 5.41) is 11.5. The number of rotatable bonds is 3. The summed E-state index contributed by atoms with van der Waals surface area (Å²) in [5.74, 6) is -0.197. The molecule has 4 atom stereocenters. The lowest BCUT2D eigenvalue weighted by molar-refractivity contribution is -0.112. The zero-order valence-electron chi connectivity index (χ0n) is 15.8. The summed E-state index contributed by atoms with van der Waals surface area (Å²) >= 11 is 0. The molecule has 1 saturated carbocycles. The normalized spacial score (nSPS) is 35.0. The first-order valence-electron chi connectivity index (χ1n) is 9.40. The van der Waals surface area contributed by atoms with Crippen molar-refractivity contribution >= 4 is 5.97 Å². The monoisotopic (exact) mass is 342 g/mol. The first-order valence-corrected chi connectivity index (χ1v) is 9.40. The molecule has 3 heteroatoms. The van der Waals surface area contributed by atoms with Gasteiger partial charge < -0.3 is 9.84 Å². The highest BCUT2D eigenvalue weighted by atomic mass is 16.5. The predicted molar refractivity (Wildman–Crippen MR) is 99.3 cm³/mol. The van der Waals surface area contributed by atoms with Gasteiger partial charge in [-0.3, -0.25) is 0 Å². The molecule has 3 rings (SSSR count). The van der Waals surface area contributed by atoms with Crippen molar-refractivity contribution in [2.75, 3.05) is 0 Å². The maximum absolute atomic E-state index is 12.7. The topological polar surface area (TPSA) is 46.5 Å². The molecule has 2 aliphatic carbocycles. The zero-order chi connectivity index (χ0) is 18.2. The van der Waals surface area contributed by atoms with E-state index in [1.807, 2.05) is 18.2 Å². The summed E-state index contributed by atoms with van der Waals surface area (Å²) in [6.45, 7) is 8.50. The number of hydrogen-bond acceptors (Lipinski definition) is 3. The molecular weight excluding hydrogens is 312 g/mol. The summed E-state index contributed by atoms with van der Waals surface area (Å²) in [6.07, 6.45) is 5.38. The van der Waals surface area contributed by atoms with E-state index in [9.17, 15) is 9.90 Å². The fraction of sp³-hybridized carbons (Fsp3) is 0.591. The van der Waals surface area contributed by atoms with E-state index in [-0.39, 0.29) is 29.3 Å². The third kappa shape index (κ3) is 3.27. The van der Waals surface area contributed by atoms with Gasteiger partial charge in [0.25, 0.3) is 0 Å². The maximum atomic E-state index is 12.7. The van der Waals surface area contributed by atoms with Crippen LogP contribution in [0.1, 0.15) is 63.7 Å². The van der Waals surface area contributed by atoms with Crippen LogP contribution in [0.5, 0.6) is 0 Å². The summed E-state index contributed by atoms with van der Waals surface area (Å²) in [4.78, 5) is 12.7. The van der Waals surface area contributed by atoms with Gasteiger partial charge in [0.2, 0.25) is 0 Å². The largest absolute Gasteiger partial charge is 0.458 e. The molecule has 0 radical (unpaired) electrons. The molecule has 0 heterocycles. The van der Waals surface area contributed by atoms with Gasteiger partial charge >= 0.3 is 5.97 Å². The summed E-state index contributed by atoms with van der Waals surface area (Å²) < 4.78 is 6.01. The van der Waals surface area contributed by atoms with Crippen molar-refractivity contribution in [1.82, 2.24) is 0 Å². The van der Waals surface area contributed by atoms with Gasteiger partial charge in [-0.25, -0.2) is 4.79 Å². The smallest absolute Gasteiger partial charge is 0.338 e. The number of hydrogen-bond donors (Lipinski definition) is 1. The van der Waals surface area contributed by atoms with Gasteiger partial charge in [-0.05, 0) is 49.7 Å². The van der Waals surface area contributed by atoms with Crippen LogP contribution in [0.3, 0.4) is 0 Å². The predicted octanol–water partition coefficient (Wildman–Crippen LogP) is 4.76. The highest BCUT2D eigenvalue weighted by Crippen LogP contribution is 2.58. The quantitative estimate of drug-likeness (QED) is 0.636. The number of carbonyl (C=O) groups is 1. The van der Waals surface area contributed by atoms with Gasteiger partial charge in [-0.1, -0.05) is 50.6 Å². The Bertz CT molecular complexity index is 663. The molecule has 136 valence electrons. The van der Waals surface area contributed by atoms with Crippen molar-refractivity contribution in [3.63, 3.8) is 0 Å². The Morgan fingerprint density at radius 3 is 2.56 bits per heavy atom. The molecule has 0 aliphatic heterocycles. The Hall–Kier alpha value is -1.61. The molecular formula is C22H30O3. The molecule has 0 saturated heterocycles. The van der Waals surface area contributed by atoms with Gasteiger partial charge in [-0.15, -0.1) is 0 Å². The molecule has 0 aromatic heterocycles. The van der Waals surface area contributed by atoms with Crippen LogP contribution in [0.2, 0.25) is 0 Å². The first kappa shape index (κ1) is 18.2. The van der Waals surface area contributed by atoms with Crippen LogP contribution in [0.25, 0.3) is 0 Å². The lowest BCUT2D eigenvalue weighted by Crippen LogP contribution is -2.50. The highest BCUT2D eigenvalue weighted by molar-refractivity contribution is 5.89. The molecule has 3 nitrogen and oxygen atoms in total. The first-order chi connectivity index (χ1) is 11.8. The van der Waals surface area contributed by atoms with Crippen molar-refractivity contribution in [3.8, 4) is 0 Å². The van der Waals surface area contributed by atoms with E-state index in [0.29, 0.717) is 12.0 Å². The van der Waals surface area contributed by atoms with Crippen LogP contribution < -0.4 is 0 Å². The Balaban J connectivity index is 1.94. The average molecular weight is 342 g/mol. The van der Waals surface area contributed by atoms with Crippen LogP contribution in [-0.4, -0.2) is 22.8 Å². The SMILES string of the molecule is CC1=CC[C@@]2(C)CC[C@](O)(C(C)C)[C@H]2[C@H](OC(=O)c2ccccc2)C1. The number of esters is 1. The Morgan fingerprint density at radius 1 is 1.24 bits per heavy atom. The average Bonchev–Trinajstić information content (AvgIpc) is 2.79. The molecule has 1 N–H and O–H groups in total. The van der Waals surface area contributed by atoms with E-state index in [1.54, 1.807) is 12.1 Å². The summed E-state index contributed by atoms with van der Waals surface area (Å²) in [5.41, 5.74) is 1.00. The van der Waals surface area contributed by atoms with E-state index in [0.717, 1.165) is 19.3 Å². The van der Waals surface area contributed by atoms with Gasteiger partial charge in [0.1, 0.15) is 6.10 Å². The Labute approximate surface area is 151 Å². The second-order valence-electron chi connectivity index (χ2n) is 8.55. The summed E-state index contributed by atoms with van der Waals surface area (Å²) in [6, 6.07) is 9.15. The van der Waals surface area contributed by atoms with Crippen LogP contribution >= 0.6 is 0 Å². The third-order valence-corrected chi connectivity index (χ3v) is 6.47. The molecule has 1 aromatic carbocycles. The molecule has 1 fully saturated rings. The fourth-order valence-corrected chi connectivity index (χ4v) is 4.86. The van der Waals surface area contributed by atoms with E-state index in [2.05, 4.69) is 33.8 Å². The molecule has 25 heavy (non-hydrogen) atoms. The van der Waals surface area contributed by atoms with Crippen LogP contribution in [-0.2, 0) is 4.74 Å². The zero-order valence-corrected chi connectivity index (χ0v) is 15.8. The lowest BCUT2D eigenvalue weighted by atomic mass is 9.67. The minimum Gasteiger partial charge on any atom is -0.458 e. The molecule has 0 spiro atoms. The van der Waals surface area contributed by atoms with E-state index < -0.39 is 5.60 Å². The maximum Gasteiger partial charge on any atom is 0.338 e. The number of aliphatic hydroxyl groups is 1.